The van der Waals surface area contributed by atoms with Gasteiger partial charge in [0.15, 0.2) is 5.96 Å². The van der Waals surface area contributed by atoms with Crippen LogP contribution in [0.25, 0.3) is 11.0 Å². The number of para-hydroxylation sites is 1. The number of aliphatic imine (C=N–C) groups is 1. The zero-order valence-corrected chi connectivity index (χ0v) is 17.4. The van der Waals surface area contributed by atoms with Crippen LogP contribution in [0.1, 0.15) is 51.3 Å². The number of rotatable bonds is 6. The monoisotopic (exact) mass is 384 g/mol. The summed E-state index contributed by atoms with van der Waals surface area (Å²) >= 11 is 0. The summed E-state index contributed by atoms with van der Waals surface area (Å²) in [4.78, 5) is 19.3. The molecule has 6 nitrogen and oxygen atoms in total. The molecule has 1 aliphatic carbocycles. The van der Waals surface area contributed by atoms with E-state index >= 15 is 0 Å². The van der Waals surface area contributed by atoms with Crippen LogP contribution in [0.4, 0.5) is 0 Å². The van der Waals surface area contributed by atoms with E-state index in [1.165, 1.54) is 0 Å². The van der Waals surface area contributed by atoms with E-state index in [0.29, 0.717) is 12.5 Å². The van der Waals surface area contributed by atoms with Crippen molar-refractivity contribution in [2.45, 2.75) is 45.6 Å². The maximum Gasteiger partial charge on any atom is 0.230 e. The van der Waals surface area contributed by atoms with Crippen LogP contribution in [0.5, 0.6) is 0 Å². The molecule has 1 fully saturated rings. The van der Waals surface area contributed by atoms with Crippen LogP contribution in [-0.2, 0) is 4.79 Å². The molecule has 1 saturated carbocycles. The average molecular weight is 385 g/mol. The summed E-state index contributed by atoms with van der Waals surface area (Å²) in [5.41, 5.74) is 0.517. The maximum absolute atomic E-state index is 12.8. The normalized spacial score (nSPS) is 17.5. The first-order valence-corrected chi connectivity index (χ1v) is 10.2. The lowest BCUT2D eigenvalue weighted by molar-refractivity contribution is -0.138. The van der Waals surface area contributed by atoms with Crippen molar-refractivity contribution < 1.29 is 9.21 Å². The van der Waals surface area contributed by atoms with Gasteiger partial charge in [-0.1, -0.05) is 31.0 Å². The fourth-order valence-electron chi connectivity index (χ4n) is 4.01. The number of hydrogen-bond acceptors (Lipinski definition) is 3. The molecule has 152 valence electrons. The molecule has 0 saturated heterocycles. The maximum atomic E-state index is 12.8. The average Bonchev–Trinajstić information content (AvgIpc) is 3.33. The van der Waals surface area contributed by atoms with Gasteiger partial charge in [-0.3, -0.25) is 9.79 Å². The number of carbonyl (C=O) groups excluding carboxylic acids is 1. The van der Waals surface area contributed by atoms with E-state index in [-0.39, 0.29) is 17.4 Å². The zero-order chi connectivity index (χ0) is 20.1. The molecule has 1 amide bonds. The molecule has 0 spiro atoms. The van der Waals surface area contributed by atoms with Gasteiger partial charge in [-0.05, 0) is 38.8 Å². The SMILES string of the molecule is CCNC(=NCC1(C(=O)N(C)C)CCCC1)NC(C)c1cc2ccccc2o1. The lowest BCUT2D eigenvalue weighted by Gasteiger charge is -2.29. The van der Waals surface area contributed by atoms with Gasteiger partial charge in [0, 0.05) is 26.0 Å². The van der Waals surface area contributed by atoms with Crippen molar-refractivity contribution >= 4 is 22.8 Å². The Kier molecular flexibility index (Phi) is 6.27. The van der Waals surface area contributed by atoms with E-state index in [9.17, 15) is 4.79 Å². The van der Waals surface area contributed by atoms with Crippen molar-refractivity contribution in [1.29, 1.82) is 0 Å². The Hall–Kier alpha value is -2.50. The molecule has 3 rings (SSSR count). The number of fused-ring (bicyclic) bond motifs is 1. The summed E-state index contributed by atoms with van der Waals surface area (Å²) in [7, 11) is 3.67. The third-order valence-corrected chi connectivity index (χ3v) is 5.53. The minimum Gasteiger partial charge on any atom is -0.459 e. The molecular formula is C22H32N4O2. The third-order valence-electron chi connectivity index (χ3n) is 5.53. The number of carbonyl (C=O) groups is 1. The van der Waals surface area contributed by atoms with Crippen molar-refractivity contribution in [3.05, 3.63) is 36.1 Å². The van der Waals surface area contributed by atoms with Crippen LogP contribution in [-0.4, -0.2) is 44.0 Å². The third kappa shape index (κ3) is 4.32. The molecule has 1 atom stereocenters. The first kappa shape index (κ1) is 20.2. The Balaban J connectivity index is 1.75. The molecule has 1 aromatic heterocycles. The minimum absolute atomic E-state index is 0.0331. The second kappa shape index (κ2) is 8.67. The summed E-state index contributed by atoms with van der Waals surface area (Å²) in [6.45, 7) is 5.36. The van der Waals surface area contributed by atoms with Gasteiger partial charge in [-0.15, -0.1) is 0 Å². The van der Waals surface area contributed by atoms with Crippen molar-refractivity contribution in [3.63, 3.8) is 0 Å². The Labute approximate surface area is 167 Å². The van der Waals surface area contributed by atoms with Crippen LogP contribution in [0.15, 0.2) is 39.7 Å². The predicted octanol–water partition coefficient (Wildman–Crippen LogP) is 3.70. The minimum atomic E-state index is -0.367. The largest absolute Gasteiger partial charge is 0.459 e. The van der Waals surface area contributed by atoms with E-state index in [1.807, 2.05) is 45.3 Å². The second-order valence-electron chi connectivity index (χ2n) is 7.93. The standard InChI is InChI=1S/C22H32N4O2/c1-5-23-21(24-15-22(12-8-9-13-22)20(27)26(3)4)25-16(2)19-14-17-10-6-7-11-18(17)28-19/h6-7,10-11,14,16H,5,8-9,12-13,15H2,1-4H3,(H2,23,24,25). The fraction of sp³-hybridized carbons (Fsp3) is 0.545. The number of furan rings is 1. The first-order chi connectivity index (χ1) is 13.4. The van der Waals surface area contributed by atoms with Gasteiger partial charge in [0.2, 0.25) is 5.91 Å². The Bertz CT molecular complexity index is 801. The number of nitrogens with one attached hydrogen (secondary N) is 2. The highest BCUT2D eigenvalue weighted by Crippen LogP contribution is 2.39. The molecule has 2 aromatic rings. The number of hydrogen-bond donors (Lipinski definition) is 2. The van der Waals surface area contributed by atoms with Crippen LogP contribution in [0.3, 0.4) is 0 Å². The molecule has 28 heavy (non-hydrogen) atoms. The van der Waals surface area contributed by atoms with Crippen molar-refractivity contribution in [2.24, 2.45) is 10.4 Å². The highest BCUT2D eigenvalue weighted by Gasteiger charge is 2.42. The second-order valence-corrected chi connectivity index (χ2v) is 7.93. The molecule has 0 radical (unpaired) electrons. The number of guanidine groups is 1. The van der Waals surface area contributed by atoms with Gasteiger partial charge < -0.3 is 20.0 Å². The van der Waals surface area contributed by atoms with Gasteiger partial charge in [-0.25, -0.2) is 0 Å². The molecule has 2 N–H and O–H groups in total. The Morgan fingerprint density at radius 3 is 2.64 bits per heavy atom. The van der Waals surface area contributed by atoms with Gasteiger partial charge in [0.25, 0.3) is 0 Å². The smallest absolute Gasteiger partial charge is 0.230 e. The van der Waals surface area contributed by atoms with Gasteiger partial charge in [0.05, 0.1) is 18.0 Å². The fourth-order valence-corrected chi connectivity index (χ4v) is 4.01. The molecular weight excluding hydrogens is 352 g/mol. The topological polar surface area (TPSA) is 69.9 Å². The Morgan fingerprint density at radius 1 is 1.29 bits per heavy atom. The lowest BCUT2D eigenvalue weighted by Crippen LogP contribution is -2.43. The zero-order valence-electron chi connectivity index (χ0n) is 17.4. The van der Waals surface area contributed by atoms with E-state index in [2.05, 4.69) is 23.6 Å². The van der Waals surface area contributed by atoms with Crippen molar-refractivity contribution in [1.82, 2.24) is 15.5 Å². The van der Waals surface area contributed by atoms with E-state index < -0.39 is 0 Å². The van der Waals surface area contributed by atoms with E-state index in [0.717, 1.165) is 49.0 Å². The molecule has 6 heteroatoms. The summed E-state index contributed by atoms with van der Waals surface area (Å²) in [6, 6.07) is 10.0. The van der Waals surface area contributed by atoms with E-state index in [4.69, 9.17) is 9.41 Å². The van der Waals surface area contributed by atoms with Crippen molar-refractivity contribution in [2.75, 3.05) is 27.2 Å². The molecule has 1 aromatic carbocycles. The molecule has 1 heterocycles. The predicted molar refractivity (Wildman–Crippen MR) is 113 cm³/mol. The molecule has 0 aliphatic heterocycles. The lowest BCUT2D eigenvalue weighted by atomic mass is 9.85. The summed E-state index contributed by atoms with van der Waals surface area (Å²) in [5, 5.41) is 7.82. The van der Waals surface area contributed by atoms with Crippen molar-refractivity contribution in [3.8, 4) is 0 Å². The highest BCUT2D eigenvalue weighted by molar-refractivity contribution is 5.84. The van der Waals surface area contributed by atoms with Crippen LogP contribution in [0, 0.1) is 5.41 Å². The van der Waals surface area contributed by atoms with Crippen LogP contribution in [0.2, 0.25) is 0 Å². The quantitative estimate of drug-likeness (QED) is 0.589. The molecule has 1 unspecified atom stereocenters. The molecule has 1 aliphatic rings. The number of nitrogens with zero attached hydrogens (tertiary/aromatic N) is 2. The van der Waals surface area contributed by atoms with Crippen LogP contribution >= 0.6 is 0 Å². The highest BCUT2D eigenvalue weighted by atomic mass is 16.3. The van der Waals surface area contributed by atoms with Crippen LogP contribution < -0.4 is 10.6 Å². The van der Waals surface area contributed by atoms with E-state index in [1.54, 1.807) is 4.90 Å². The number of benzene rings is 1. The summed E-state index contributed by atoms with van der Waals surface area (Å²) in [5.74, 6) is 1.77. The molecule has 0 bridgehead atoms. The number of amides is 1. The summed E-state index contributed by atoms with van der Waals surface area (Å²) in [6.07, 6.45) is 4.00. The summed E-state index contributed by atoms with van der Waals surface area (Å²) < 4.78 is 5.97. The van der Waals surface area contributed by atoms with Gasteiger partial charge >= 0.3 is 0 Å². The van der Waals surface area contributed by atoms with Gasteiger partial charge in [-0.2, -0.15) is 0 Å². The first-order valence-electron chi connectivity index (χ1n) is 10.2. The van der Waals surface area contributed by atoms with Gasteiger partial charge in [0.1, 0.15) is 11.3 Å². The Morgan fingerprint density at radius 2 is 2.00 bits per heavy atom.